The smallest absolute Gasteiger partial charge is 0.258 e. The third kappa shape index (κ3) is 3.17. The number of rotatable bonds is 5. The van der Waals surface area contributed by atoms with Gasteiger partial charge in [0.1, 0.15) is 0 Å². The van der Waals surface area contributed by atoms with E-state index in [1.54, 1.807) is 10.9 Å². The molecule has 0 aliphatic heterocycles. The predicted molar refractivity (Wildman–Crippen MR) is 80.4 cm³/mol. The van der Waals surface area contributed by atoms with Gasteiger partial charge in [-0.3, -0.25) is 9.20 Å². The van der Waals surface area contributed by atoms with Crippen molar-refractivity contribution in [1.29, 1.82) is 0 Å². The Kier molecular flexibility index (Phi) is 3.80. The van der Waals surface area contributed by atoms with E-state index >= 15 is 0 Å². The molecule has 0 fully saturated rings. The third-order valence-electron chi connectivity index (χ3n) is 2.96. The van der Waals surface area contributed by atoms with Crippen LogP contribution >= 0.6 is 11.3 Å². The Labute approximate surface area is 125 Å². The van der Waals surface area contributed by atoms with Crippen LogP contribution in [0.1, 0.15) is 25.2 Å². The lowest BCUT2D eigenvalue weighted by Gasteiger charge is -2.04. The van der Waals surface area contributed by atoms with Gasteiger partial charge in [-0.1, -0.05) is 19.1 Å². The lowest BCUT2D eigenvalue weighted by atomic mass is 10.3. The van der Waals surface area contributed by atoms with Crippen LogP contribution in [0.15, 0.2) is 28.6 Å². The Hall–Kier alpha value is -2.06. The van der Waals surface area contributed by atoms with Crippen molar-refractivity contribution in [2.75, 3.05) is 0 Å². The summed E-state index contributed by atoms with van der Waals surface area (Å²) in [4.78, 5) is 17.1. The van der Waals surface area contributed by atoms with Crippen molar-refractivity contribution < 1.29 is 0 Å². The summed E-state index contributed by atoms with van der Waals surface area (Å²) in [6.07, 6.45) is 3.59. The van der Waals surface area contributed by atoms with Crippen LogP contribution in [0, 0.1) is 0 Å². The van der Waals surface area contributed by atoms with Crippen molar-refractivity contribution in [3.63, 3.8) is 0 Å². The zero-order valence-electron chi connectivity index (χ0n) is 11.9. The zero-order chi connectivity index (χ0) is 14.8. The maximum atomic E-state index is 11.9. The topological polar surface area (TPSA) is 77.1 Å². The van der Waals surface area contributed by atoms with E-state index in [0.29, 0.717) is 29.8 Å². The van der Waals surface area contributed by atoms with Crippen molar-refractivity contribution in [1.82, 2.24) is 29.7 Å². The van der Waals surface area contributed by atoms with E-state index in [-0.39, 0.29) is 5.56 Å². The molecule has 3 rings (SSSR count). The van der Waals surface area contributed by atoms with Crippen LogP contribution in [-0.4, -0.2) is 30.4 Å². The highest BCUT2D eigenvalue weighted by Crippen LogP contribution is 2.07. The Morgan fingerprint density at radius 1 is 1.38 bits per heavy atom. The molecule has 0 aliphatic rings. The van der Waals surface area contributed by atoms with Gasteiger partial charge in [0.25, 0.3) is 5.56 Å². The Bertz CT molecular complexity index is 802. The van der Waals surface area contributed by atoms with E-state index in [0.717, 1.165) is 5.69 Å². The van der Waals surface area contributed by atoms with Gasteiger partial charge in [0.15, 0.2) is 4.96 Å². The second kappa shape index (κ2) is 5.74. The standard InChI is InChI=1S/C13H16N6OS/c1-9(2)14-6-11-8-18(17-16-11)7-10-5-12(20)19-3-4-21-13(19)15-10/h3-5,8-9,14H,6-7H2,1-2H3. The van der Waals surface area contributed by atoms with Crippen molar-refractivity contribution >= 4 is 16.3 Å². The van der Waals surface area contributed by atoms with Gasteiger partial charge in [-0.25, -0.2) is 9.67 Å². The molecule has 0 amide bonds. The van der Waals surface area contributed by atoms with E-state index in [2.05, 4.69) is 34.5 Å². The fourth-order valence-electron chi connectivity index (χ4n) is 1.94. The molecule has 0 radical (unpaired) electrons. The second-order valence-corrected chi connectivity index (χ2v) is 5.96. The highest BCUT2D eigenvalue weighted by Gasteiger charge is 2.06. The van der Waals surface area contributed by atoms with Crippen LogP contribution < -0.4 is 10.9 Å². The molecule has 3 heterocycles. The summed E-state index contributed by atoms with van der Waals surface area (Å²) in [6.45, 7) is 5.28. The Morgan fingerprint density at radius 2 is 2.24 bits per heavy atom. The maximum Gasteiger partial charge on any atom is 0.258 e. The van der Waals surface area contributed by atoms with Crippen LogP contribution in [0.5, 0.6) is 0 Å². The van der Waals surface area contributed by atoms with Crippen molar-refractivity contribution in [3.8, 4) is 0 Å². The second-order valence-electron chi connectivity index (χ2n) is 5.08. The largest absolute Gasteiger partial charge is 0.309 e. The number of nitrogens with one attached hydrogen (secondary N) is 1. The van der Waals surface area contributed by atoms with E-state index in [9.17, 15) is 4.79 Å². The molecule has 7 nitrogen and oxygen atoms in total. The summed E-state index contributed by atoms with van der Waals surface area (Å²) < 4.78 is 3.23. The lowest BCUT2D eigenvalue weighted by molar-refractivity contribution is 0.580. The molecule has 3 aromatic rings. The molecule has 0 aliphatic carbocycles. The molecule has 8 heteroatoms. The summed E-state index contributed by atoms with van der Waals surface area (Å²) in [7, 11) is 0. The number of hydrogen-bond acceptors (Lipinski definition) is 6. The summed E-state index contributed by atoms with van der Waals surface area (Å²) in [5, 5.41) is 13.3. The van der Waals surface area contributed by atoms with Gasteiger partial charge >= 0.3 is 0 Å². The number of fused-ring (bicyclic) bond motifs is 1. The Morgan fingerprint density at radius 3 is 3.05 bits per heavy atom. The van der Waals surface area contributed by atoms with Crippen LogP contribution in [0.3, 0.4) is 0 Å². The third-order valence-corrected chi connectivity index (χ3v) is 3.71. The van der Waals surface area contributed by atoms with E-state index in [1.165, 1.54) is 21.8 Å². The van der Waals surface area contributed by atoms with E-state index in [1.807, 2.05) is 11.6 Å². The molecule has 110 valence electrons. The maximum absolute atomic E-state index is 11.9. The Balaban J connectivity index is 1.77. The van der Waals surface area contributed by atoms with Crippen LogP contribution in [-0.2, 0) is 13.1 Å². The summed E-state index contributed by atoms with van der Waals surface area (Å²) in [5.74, 6) is 0. The molecule has 0 saturated heterocycles. The monoisotopic (exact) mass is 304 g/mol. The number of nitrogens with zero attached hydrogens (tertiary/aromatic N) is 5. The van der Waals surface area contributed by atoms with Gasteiger partial charge in [0, 0.05) is 30.2 Å². The minimum atomic E-state index is -0.0712. The fourth-order valence-corrected chi connectivity index (χ4v) is 2.68. The van der Waals surface area contributed by atoms with Gasteiger partial charge in [0.2, 0.25) is 0 Å². The molecule has 1 N–H and O–H groups in total. The summed E-state index contributed by atoms with van der Waals surface area (Å²) >= 11 is 1.44. The molecule has 0 atom stereocenters. The number of aromatic nitrogens is 5. The minimum Gasteiger partial charge on any atom is -0.309 e. The SMILES string of the molecule is CC(C)NCc1cn(Cc2cc(=O)n3ccsc3n2)nn1. The highest BCUT2D eigenvalue weighted by atomic mass is 32.1. The van der Waals surface area contributed by atoms with Gasteiger partial charge in [-0.05, 0) is 0 Å². The molecule has 3 aromatic heterocycles. The first-order chi connectivity index (χ1) is 10.1. The molecular formula is C13H16N6OS. The van der Waals surface area contributed by atoms with Crippen molar-refractivity contribution in [3.05, 3.63) is 45.6 Å². The van der Waals surface area contributed by atoms with Gasteiger partial charge in [0.05, 0.1) is 24.1 Å². The van der Waals surface area contributed by atoms with Crippen LogP contribution in [0.4, 0.5) is 0 Å². The quantitative estimate of drug-likeness (QED) is 0.757. The van der Waals surface area contributed by atoms with Crippen molar-refractivity contribution in [2.45, 2.75) is 33.0 Å². The molecular weight excluding hydrogens is 288 g/mol. The number of thiazole rings is 1. The van der Waals surface area contributed by atoms with E-state index in [4.69, 9.17) is 0 Å². The average molecular weight is 304 g/mol. The molecule has 21 heavy (non-hydrogen) atoms. The van der Waals surface area contributed by atoms with Crippen molar-refractivity contribution in [2.24, 2.45) is 0 Å². The molecule has 0 unspecified atom stereocenters. The first-order valence-corrected chi connectivity index (χ1v) is 7.58. The summed E-state index contributed by atoms with van der Waals surface area (Å²) in [6, 6.07) is 1.94. The first kappa shape index (κ1) is 13.9. The number of hydrogen-bond donors (Lipinski definition) is 1. The summed E-state index contributed by atoms with van der Waals surface area (Å²) in [5.41, 5.74) is 1.49. The average Bonchev–Trinajstić information content (AvgIpc) is 3.05. The van der Waals surface area contributed by atoms with Gasteiger partial charge in [-0.15, -0.1) is 16.4 Å². The van der Waals surface area contributed by atoms with E-state index < -0.39 is 0 Å². The zero-order valence-corrected chi connectivity index (χ0v) is 12.7. The minimum absolute atomic E-state index is 0.0712. The predicted octanol–water partition coefficient (Wildman–Crippen LogP) is 0.894. The van der Waals surface area contributed by atoms with Gasteiger partial charge in [-0.2, -0.15) is 0 Å². The molecule has 0 saturated carbocycles. The molecule has 0 aromatic carbocycles. The molecule has 0 bridgehead atoms. The lowest BCUT2D eigenvalue weighted by Crippen LogP contribution is -2.21. The van der Waals surface area contributed by atoms with Crippen LogP contribution in [0.2, 0.25) is 0 Å². The molecule has 0 spiro atoms. The first-order valence-electron chi connectivity index (χ1n) is 6.70. The van der Waals surface area contributed by atoms with Gasteiger partial charge < -0.3 is 5.32 Å². The highest BCUT2D eigenvalue weighted by molar-refractivity contribution is 7.15. The fraction of sp³-hybridized carbons (Fsp3) is 0.385. The van der Waals surface area contributed by atoms with Crippen LogP contribution in [0.25, 0.3) is 4.96 Å². The normalized spacial score (nSPS) is 11.6.